The molecule has 0 unspecified atom stereocenters. The molecule has 4 rings (SSSR count). The predicted molar refractivity (Wildman–Crippen MR) is 132 cm³/mol. The van der Waals surface area contributed by atoms with Crippen LogP contribution in [0.5, 0.6) is 5.75 Å². The molecule has 166 valence electrons. The summed E-state index contributed by atoms with van der Waals surface area (Å²) in [5, 5.41) is 9.40. The molecule has 0 aliphatic heterocycles. The van der Waals surface area contributed by atoms with E-state index in [1.54, 1.807) is 54.6 Å². The van der Waals surface area contributed by atoms with Crippen LogP contribution in [0.25, 0.3) is 11.0 Å². The van der Waals surface area contributed by atoms with Crippen molar-refractivity contribution in [2.24, 2.45) is 0 Å². The van der Waals surface area contributed by atoms with Gasteiger partial charge in [-0.15, -0.1) is 0 Å². The summed E-state index contributed by atoms with van der Waals surface area (Å²) >= 11 is 5.24. The Hall–Kier alpha value is -4.17. The van der Waals surface area contributed by atoms with Gasteiger partial charge in [0.05, 0.1) is 6.61 Å². The number of hydrogen-bond donors (Lipinski definition) is 3. The molecule has 1 heterocycles. The van der Waals surface area contributed by atoms with Crippen LogP contribution in [-0.4, -0.2) is 23.5 Å². The van der Waals surface area contributed by atoms with Gasteiger partial charge in [-0.05, 0) is 73.7 Å². The van der Waals surface area contributed by atoms with Crippen LogP contribution in [-0.2, 0) is 0 Å². The number of rotatable bonds is 6. The summed E-state index contributed by atoms with van der Waals surface area (Å²) in [6, 6.07) is 22.9. The van der Waals surface area contributed by atoms with Gasteiger partial charge in [0.2, 0.25) is 0 Å². The Morgan fingerprint density at radius 3 is 2.33 bits per heavy atom. The second kappa shape index (κ2) is 9.97. The molecule has 0 spiro atoms. The summed E-state index contributed by atoms with van der Waals surface area (Å²) < 4.78 is 11.0. The molecule has 3 N–H and O–H groups in total. The van der Waals surface area contributed by atoms with E-state index in [2.05, 4.69) is 16.0 Å². The first-order valence-electron chi connectivity index (χ1n) is 10.3. The number of nitrogens with one attached hydrogen (secondary N) is 3. The van der Waals surface area contributed by atoms with E-state index < -0.39 is 0 Å². The van der Waals surface area contributed by atoms with Gasteiger partial charge in [0, 0.05) is 22.3 Å². The highest BCUT2D eigenvalue weighted by Crippen LogP contribution is 2.21. The molecule has 8 heteroatoms. The van der Waals surface area contributed by atoms with E-state index in [1.165, 1.54) is 0 Å². The summed E-state index contributed by atoms with van der Waals surface area (Å²) in [5.74, 6) is 0.160. The van der Waals surface area contributed by atoms with E-state index in [1.807, 2.05) is 31.2 Å². The van der Waals surface area contributed by atoms with Crippen molar-refractivity contribution in [2.75, 3.05) is 17.2 Å². The third-order valence-electron chi connectivity index (χ3n) is 4.68. The van der Waals surface area contributed by atoms with Gasteiger partial charge in [0.25, 0.3) is 11.8 Å². The smallest absolute Gasteiger partial charge is 0.291 e. The van der Waals surface area contributed by atoms with Gasteiger partial charge >= 0.3 is 0 Å². The van der Waals surface area contributed by atoms with Crippen molar-refractivity contribution in [1.29, 1.82) is 0 Å². The fourth-order valence-electron chi connectivity index (χ4n) is 3.15. The van der Waals surface area contributed by atoms with Crippen LogP contribution in [0.15, 0.2) is 83.3 Å². The molecular formula is C25H21N3O4S. The lowest BCUT2D eigenvalue weighted by Gasteiger charge is -2.11. The zero-order chi connectivity index (χ0) is 23.2. The zero-order valence-corrected chi connectivity index (χ0v) is 18.6. The lowest BCUT2D eigenvalue weighted by Crippen LogP contribution is -2.34. The fourth-order valence-corrected chi connectivity index (χ4v) is 3.37. The molecule has 7 nitrogen and oxygen atoms in total. The van der Waals surface area contributed by atoms with Crippen molar-refractivity contribution in [3.05, 3.63) is 90.2 Å². The quantitative estimate of drug-likeness (QED) is 0.343. The number of thiocarbonyl (C=S) groups is 1. The van der Waals surface area contributed by atoms with Crippen LogP contribution in [0.1, 0.15) is 27.8 Å². The minimum Gasteiger partial charge on any atom is -0.494 e. The Bertz CT molecular complexity index is 1280. The van der Waals surface area contributed by atoms with Crippen LogP contribution < -0.4 is 20.7 Å². The molecule has 0 saturated heterocycles. The van der Waals surface area contributed by atoms with Gasteiger partial charge in [-0.3, -0.25) is 14.9 Å². The average molecular weight is 460 g/mol. The molecule has 0 fully saturated rings. The molecule has 2 amide bonds. The number of amides is 2. The minimum absolute atomic E-state index is 0.154. The first-order chi connectivity index (χ1) is 16.0. The van der Waals surface area contributed by atoms with Crippen LogP contribution in [0.4, 0.5) is 11.4 Å². The van der Waals surface area contributed by atoms with Crippen molar-refractivity contribution in [2.45, 2.75) is 6.92 Å². The largest absolute Gasteiger partial charge is 0.494 e. The molecule has 33 heavy (non-hydrogen) atoms. The number of benzene rings is 3. The Morgan fingerprint density at radius 1 is 0.879 bits per heavy atom. The molecule has 0 aliphatic carbocycles. The Labute approximate surface area is 195 Å². The van der Waals surface area contributed by atoms with E-state index in [4.69, 9.17) is 21.4 Å². The average Bonchev–Trinajstić information content (AvgIpc) is 3.25. The number of fused-ring (bicyclic) bond motifs is 1. The number of para-hydroxylation sites is 1. The maximum atomic E-state index is 12.5. The van der Waals surface area contributed by atoms with Crippen molar-refractivity contribution in [1.82, 2.24) is 5.32 Å². The van der Waals surface area contributed by atoms with E-state index >= 15 is 0 Å². The Kier molecular flexibility index (Phi) is 6.66. The highest BCUT2D eigenvalue weighted by atomic mass is 32.1. The van der Waals surface area contributed by atoms with Crippen molar-refractivity contribution in [3.8, 4) is 5.75 Å². The Morgan fingerprint density at radius 2 is 1.61 bits per heavy atom. The maximum absolute atomic E-state index is 12.5. The third kappa shape index (κ3) is 5.55. The number of carbonyl (C=O) groups excluding carboxylic acids is 2. The van der Waals surface area contributed by atoms with Crippen LogP contribution in [0.3, 0.4) is 0 Å². The molecular weight excluding hydrogens is 438 g/mol. The van der Waals surface area contributed by atoms with Gasteiger partial charge in [-0.2, -0.15) is 0 Å². The summed E-state index contributed by atoms with van der Waals surface area (Å²) in [7, 11) is 0. The van der Waals surface area contributed by atoms with Crippen molar-refractivity contribution in [3.63, 3.8) is 0 Å². The lowest BCUT2D eigenvalue weighted by molar-refractivity contribution is 0.0974. The fraction of sp³-hybridized carbons (Fsp3) is 0.0800. The molecule has 4 aromatic rings. The van der Waals surface area contributed by atoms with Crippen LogP contribution in [0, 0.1) is 0 Å². The zero-order valence-electron chi connectivity index (χ0n) is 17.8. The van der Waals surface area contributed by atoms with E-state index in [0.29, 0.717) is 34.9 Å². The van der Waals surface area contributed by atoms with Crippen LogP contribution in [0.2, 0.25) is 0 Å². The molecule has 0 radical (unpaired) electrons. The van der Waals surface area contributed by atoms with E-state index in [-0.39, 0.29) is 22.7 Å². The van der Waals surface area contributed by atoms with E-state index in [9.17, 15) is 9.59 Å². The molecule has 1 aromatic heterocycles. The van der Waals surface area contributed by atoms with Gasteiger partial charge in [-0.1, -0.05) is 24.3 Å². The highest BCUT2D eigenvalue weighted by molar-refractivity contribution is 7.80. The van der Waals surface area contributed by atoms with Crippen molar-refractivity contribution >= 4 is 51.5 Å². The Balaban J connectivity index is 1.33. The molecule has 0 aliphatic rings. The summed E-state index contributed by atoms with van der Waals surface area (Å²) in [6.07, 6.45) is 0. The second-order valence-corrected chi connectivity index (χ2v) is 7.46. The number of furan rings is 1. The van der Waals surface area contributed by atoms with E-state index in [0.717, 1.165) is 5.39 Å². The van der Waals surface area contributed by atoms with Crippen LogP contribution >= 0.6 is 12.2 Å². The van der Waals surface area contributed by atoms with Gasteiger partial charge in [0.1, 0.15) is 11.3 Å². The molecule has 0 saturated carbocycles. The molecule has 0 bridgehead atoms. The second-order valence-electron chi connectivity index (χ2n) is 7.05. The first-order valence-corrected chi connectivity index (χ1v) is 10.7. The SMILES string of the molecule is CCOc1cccc(C(=O)NC(=S)Nc2ccc(NC(=O)c3cc4ccccc4o3)cc2)c1. The summed E-state index contributed by atoms with van der Waals surface area (Å²) in [6.45, 7) is 2.39. The minimum atomic E-state index is -0.344. The van der Waals surface area contributed by atoms with Gasteiger partial charge < -0.3 is 19.8 Å². The molecule has 0 atom stereocenters. The number of anilines is 2. The predicted octanol–water partition coefficient (Wildman–Crippen LogP) is 5.21. The number of carbonyl (C=O) groups is 2. The maximum Gasteiger partial charge on any atom is 0.291 e. The monoisotopic (exact) mass is 459 g/mol. The van der Waals surface area contributed by atoms with Gasteiger partial charge in [-0.25, -0.2) is 0 Å². The van der Waals surface area contributed by atoms with Gasteiger partial charge in [0.15, 0.2) is 10.9 Å². The summed E-state index contributed by atoms with van der Waals surface area (Å²) in [5.41, 5.74) is 2.34. The third-order valence-corrected chi connectivity index (χ3v) is 4.89. The topological polar surface area (TPSA) is 92.6 Å². The highest BCUT2D eigenvalue weighted by Gasteiger charge is 2.13. The first kappa shape index (κ1) is 22.0. The van der Waals surface area contributed by atoms with Crippen molar-refractivity contribution < 1.29 is 18.7 Å². The lowest BCUT2D eigenvalue weighted by atomic mass is 10.2. The molecule has 3 aromatic carbocycles. The standard InChI is InChI=1S/C25H21N3O4S/c1-2-31-20-8-5-7-17(14-20)23(29)28-25(33)27-19-12-10-18(11-13-19)26-24(30)22-15-16-6-3-4-9-21(16)32-22/h3-15H,2H2,1H3,(H,26,30)(H2,27,28,29,33). The number of ether oxygens (including phenoxy) is 1. The summed E-state index contributed by atoms with van der Waals surface area (Å²) in [4.78, 5) is 24.9. The number of hydrogen-bond acceptors (Lipinski definition) is 5. The normalized spacial score (nSPS) is 10.5.